The Hall–Kier alpha value is -2.26. The largest absolute Gasteiger partial charge is 0.493 e. The summed E-state index contributed by atoms with van der Waals surface area (Å²) in [5.74, 6) is 1.10. The third kappa shape index (κ3) is 3.89. The second-order valence-corrected chi connectivity index (χ2v) is 7.94. The highest BCUT2D eigenvalue weighted by atomic mass is 127. The molecule has 140 valence electrons. The molecular formula is C20H18INO4S. The molecule has 1 aromatic heterocycles. The van der Waals surface area contributed by atoms with E-state index < -0.39 is 0 Å². The van der Waals surface area contributed by atoms with Gasteiger partial charge < -0.3 is 19.9 Å². The first-order chi connectivity index (χ1) is 13.0. The molecule has 0 fully saturated rings. The maximum absolute atomic E-state index is 13.1. The number of rotatable bonds is 6. The van der Waals surface area contributed by atoms with Crippen molar-refractivity contribution in [3.63, 3.8) is 0 Å². The first-order valence-electron chi connectivity index (χ1n) is 7.98. The molecule has 0 radical (unpaired) electrons. The van der Waals surface area contributed by atoms with Crippen LogP contribution in [-0.4, -0.2) is 27.1 Å². The molecule has 0 aliphatic carbocycles. The van der Waals surface area contributed by atoms with Crippen LogP contribution in [0.2, 0.25) is 0 Å². The van der Waals surface area contributed by atoms with Gasteiger partial charge in [-0.25, -0.2) is 0 Å². The van der Waals surface area contributed by atoms with E-state index in [9.17, 15) is 4.79 Å². The lowest BCUT2D eigenvalue weighted by Gasteiger charge is -2.13. The third-order valence-corrected chi connectivity index (χ3v) is 5.94. The van der Waals surface area contributed by atoms with Gasteiger partial charge in [0, 0.05) is 14.0 Å². The number of thiophene rings is 1. The number of nitrogens with two attached hydrogens (primary N) is 1. The van der Waals surface area contributed by atoms with Crippen LogP contribution in [0.1, 0.15) is 15.2 Å². The molecule has 2 N–H and O–H groups in total. The number of ether oxygens (including phenoxy) is 3. The van der Waals surface area contributed by atoms with Crippen molar-refractivity contribution in [2.75, 3.05) is 27.1 Å². The van der Waals surface area contributed by atoms with Crippen LogP contribution < -0.4 is 19.9 Å². The first kappa shape index (κ1) is 19.5. The average molecular weight is 495 g/mol. The van der Waals surface area contributed by atoms with Crippen molar-refractivity contribution < 1.29 is 19.0 Å². The molecule has 5 nitrogen and oxygen atoms in total. The molecule has 0 amide bonds. The predicted octanol–water partition coefficient (Wildman–Crippen LogP) is 4.86. The third-order valence-electron chi connectivity index (χ3n) is 4.02. The van der Waals surface area contributed by atoms with Gasteiger partial charge in [0.1, 0.15) is 0 Å². The Labute approximate surface area is 175 Å². The fraction of sp³-hybridized carbons (Fsp3) is 0.150. The second kappa shape index (κ2) is 8.18. The molecule has 0 saturated carbocycles. The van der Waals surface area contributed by atoms with Gasteiger partial charge in [-0.05, 0) is 58.5 Å². The van der Waals surface area contributed by atoms with Crippen molar-refractivity contribution in [1.29, 1.82) is 0 Å². The topological polar surface area (TPSA) is 70.8 Å². The van der Waals surface area contributed by atoms with Gasteiger partial charge in [0.25, 0.3) is 0 Å². The van der Waals surface area contributed by atoms with Crippen molar-refractivity contribution in [1.82, 2.24) is 0 Å². The number of benzene rings is 2. The average Bonchev–Trinajstić information content (AvgIpc) is 3.08. The Morgan fingerprint density at radius 2 is 1.56 bits per heavy atom. The SMILES string of the molecule is COc1cc(C(=O)c2sc(-c3ccc(I)cc3)cc2N)cc(OC)c1OC. The fourth-order valence-corrected chi connectivity index (χ4v) is 4.09. The van der Waals surface area contributed by atoms with Crippen molar-refractivity contribution in [3.05, 3.63) is 56.5 Å². The van der Waals surface area contributed by atoms with E-state index in [0.29, 0.717) is 33.4 Å². The van der Waals surface area contributed by atoms with E-state index in [2.05, 4.69) is 22.6 Å². The Morgan fingerprint density at radius 3 is 2.07 bits per heavy atom. The second-order valence-electron chi connectivity index (χ2n) is 5.65. The van der Waals surface area contributed by atoms with Crippen molar-refractivity contribution in [3.8, 4) is 27.7 Å². The molecular weight excluding hydrogens is 477 g/mol. The summed E-state index contributed by atoms with van der Waals surface area (Å²) in [7, 11) is 4.55. The maximum Gasteiger partial charge on any atom is 0.205 e. The summed E-state index contributed by atoms with van der Waals surface area (Å²) < 4.78 is 17.1. The van der Waals surface area contributed by atoms with E-state index in [-0.39, 0.29) is 5.78 Å². The van der Waals surface area contributed by atoms with Gasteiger partial charge in [0.05, 0.1) is 31.9 Å². The normalized spacial score (nSPS) is 10.5. The lowest BCUT2D eigenvalue weighted by molar-refractivity contribution is 0.104. The van der Waals surface area contributed by atoms with Crippen LogP contribution in [0, 0.1) is 3.57 Å². The quantitative estimate of drug-likeness (QED) is 0.391. The van der Waals surface area contributed by atoms with Crippen molar-refractivity contribution >= 4 is 45.4 Å². The zero-order valence-electron chi connectivity index (χ0n) is 15.0. The summed E-state index contributed by atoms with van der Waals surface area (Å²) in [5, 5.41) is 0. The highest BCUT2D eigenvalue weighted by Crippen LogP contribution is 2.40. The van der Waals surface area contributed by atoms with Gasteiger partial charge in [0.2, 0.25) is 11.5 Å². The summed E-state index contributed by atoms with van der Waals surface area (Å²) in [6.45, 7) is 0. The highest BCUT2D eigenvalue weighted by Gasteiger charge is 2.21. The summed E-state index contributed by atoms with van der Waals surface area (Å²) >= 11 is 3.62. The zero-order chi connectivity index (χ0) is 19.6. The van der Waals surface area contributed by atoms with Crippen LogP contribution in [0.4, 0.5) is 5.69 Å². The number of ketones is 1. The number of nitrogen functional groups attached to an aromatic ring is 1. The number of hydrogen-bond acceptors (Lipinski definition) is 6. The van der Waals surface area contributed by atoms with E-state index in [0.717, 1.165) is 14.0 Å². The van der Waals surface area contributed by atoms with E-state index in [1.165, 1.54) is 32.7 Å². The van der Waals surface area contributed by atoms with E-state index in [1.807, 2.05) is 30.3 Å². The molecule has 0 aliphatic heterocycles. The predicted molar refractivity (Wildman–Crippen MR) is 116 cm³/mol. The minimum absolute atomic E-state index is 0.187. The Kier molecular flexibility index (Phi) is 5.91. The molecule has 0 saturated heterocycles. The summed E-state index contributed by atoms with van der Waals surface area (Å²) in [6.07, 6.45) is 0. The summed E-state index contributed by atoms with van der Waals surface area (Å²) in [5.41, 5.74) is 8.04. The number of carbonyl (C=O) groups is 1. The lowest BCUT2D eigenvalue weighted by atomic mass is 10.1. The summed E-state index contributed by atoms with van der Waals surface area (Å²) in [4.78, 5) is 14.5. The Balaban J connectivity index is 2.02. The Bertz CT molecular complexity index is 957. The van der Waals surface area contributed by atoms with Crippen LogP contribution in [0.3, 0.4) is 0 Å². The molecule has 0 bridgehead atoms. The Morgan fingerprint density at radius 1 is 0.963 bits per heavy atom. The molecule has 27 heavy (non-hydrogen) atoms. The van der Waals surface area contributed by atoms with Crippen LogP contribution in [0.5, 0.6) is 17.2 Å². The van der Waals surface area contributed by atoms with Crippen molar-refractivity contribution in [2.45, 2.75) is 0 Å². The van der Waals surface area contributed by atoms with E-state index in [4.69, 9.17) is 19.9 Å². The lowest BCUT2D eigenvalue weighted by Crippen LogP contribution is -2.04. The van der Waals surface area contributed by atoms with Gasteiger partial charge in [-0.3, -0.25) is 4.79 Å². The molecule has 3 aromatic rings. The minimum atomic E-state index is -0.187. The number of hydrogen-bond donors (Lipinski definition) is 1. The number of halogens is 1. The smallest absolute Gasteiger partial charge is 0.205 e. The highest BCUT2D eigenvalue weighted by molar-refractivity contribution is 14.1. The van der Waals surface area contributed by atoms with Gasteiger partial charge in [-0.15, -0.1) is 11.3 Å². The van der Waals surface area contributed by atoms with Crippen LogP contribution in [-0.2, 0) is 0 Å². The number of carbonyl (C=O) groups excluding carboxylic acids is 1. The standard InChI is InChI=1S/C20H18INO4S/c1-24-15-8-12(9-16(25-2)19(15)26-3)18(23)20-14(22)10-17(27-20)11-4-6-13(21)7-5-11/h4-10H,22H2,1-3H3. The van der Waals surface area contributed by atoms with Gasteiger partial charge in [-0.1, -0.05) is 12.1 Å². The van der Waals surface area contributed by atoms with Gasteiger partial charge in [0.15, 0.2) is 11.5 Å². The van der Waals surface area contributed by atoms with Gasteiger partial charge >= 0.3 is 0 Å². The molecule has 1 heterocycles. The monoisotopic (exact) mass is 495 g/mol. The van der Waals surface area contributed by atoms with Gasteiger partial charge in [-0.2, -0.15) is 0 Å². The minimum Gasteiger partial charge on any atom is -0.493 e. The molecule has 0 spiro atoms. The number of anilines is 1. The van der Waals surface area contributed by atoms with Crippen molar-refractivity contribution in [2.24, 2.45) is 0 Å². The molecule has 2 aromatic carbocycles. The fourth-order valence-electron chi connectivity index (χ4n) is 2.68. The molecule has 7 heteroatoms. The van der Waals surface area contributed by atoms with E-state index in [1.54, 1.807) is 12.1 Å². The zero-order valence-corrected chi connectivity index (χ0v) is 18.0. The maximum atomic E-state index is 13.1. The van der Waals surface area contributed by atoms with E-state index >= 15 is 0 Å². The molecule has 3 rings (SSSR count). The molecule has 0 unspecified atom stereocenters. The number of methoxy groups -OCH3 is 3. The summed E-state index contributed by atoms with van der Waals surface area (Å²) in [6, 6.07) is 13.2. The molecule has 0 atom stereocenters. The van der Waals surface area contributed by atoms with Crippen LogP contribution >= 0.6 is 33.9 Å². The molecule has 0 aliphatic rings. The van der Waals surface area contributed by atoms with Crippen LogP contribution in [0.15, 0.2) is 42.5 Å². The van der Waals surface area contributed by atoms with Crippen LogP contribution in [0.25, 0.3) is 10.4 Å². The first-order valence-corrected chi connectivity index (χ1v) is 9.88.